The number of hydrogen-bond acceptors (Lipinski definition) is 2. The average molecular weight is 234 g/mol. The molecule has 0 fully saturated rings. The van der Waals surface area contributed by atoms with Crippen molar-refractivity contribution in [1.82, 2.24) is 9.97 Å². The van der Waals surface area contributed by atoms with E-state index in [9.17, 15) is 0 Å². The third-order valence-electron chi connectivity index (χ3n) is 2.24. The minimum atomic E-state index is 0.560. The van der Waals surface area contributed by atoms with E-state index in [2.05, 4.69) is 9.97 Å². The van der Waals surface area contributed by atoms with E-state index in [1.54, 1.807) is 0 Å². The maximum absolute atomic E-state index is 5.19. The van der Waals surface area contributed by atoms with E-state index < -0.39 is 0 Å². The monoisotopic (exact) mass is 234 g/mol. The summed E-state index contributed by atoms with van der Waals surface area (Å²) in [4.78, 5) is 6.05. The number of aromatic amines is 2. The predicted octanol–water partition coefficient (Wildman–Crippen LogP) is 3.78. The van der Waals surface area contributed by atoms with Gasteiger partial charge in [0.2, 0.25) is 0 Å². The van der Waals surface area contributed by atoms with Gasteiger partial charge in [0.05, 0.1) is 5.69 Å². The smallest absolute Gasteiger partial charge is 0.175 e. The van der Waals surface area contributed by atoms with Gasteiger partial charge in [0.15, 0.2) is 4.77 Å². The molecule has 0 aliphatic carbocycles. The normalized spacial score (nSPS) is 10.2. The highest BCUT2D eigenvalue weighted by atomic mass is 32.1. The van der Waals surface area contributed by atoms with Crippen LogP contribution in [0.15, 0.2) is 30.3 Å². The van der Waals surface area contributed by atoms with E-state index in [0.717, 1.165) is 16.8 Å². The van der Waals surface area contributed by atoms with Gasteiger partial charge in [-0.25, -0.2) is 0 Å². The Bertz CT molecular complexity index is 582. The number of benzene rings is 1. The fourth-order valence-electron chi connectivity index (χ4n) is 1.44. The number of hydrogen-bond donors (Lipinski definition) is 2. The van der Waals surface area contributed by atoms with Crippen LogP contribution in [0.25, 0.3) is 11.3 Å². The van der Waals surface area contributed by atoms with Gasteiger partial charge in [0.1, 0.15) is 4.64 Å². The highest BCUT2D eigenvalue weighted by molar-refractivity contribution is 7.72. The number of rotatable bonds is 1. The lowest BCUT2D eigenvalue weighted by atomic mass is 10.1. The van der Waals surface area contributed by atoms with Crippen LogP contribution < -0.4 is 0 Å². The van der Waals surface area contributed by atoms with Crippen molar-refractivity contribution in [2.45, 2.75) is 6.92 Å². The molecule has 0 atom stereocenters. The molecule has 2 N–H and O–H groups in total. The van der Waals surface area contributed by atoms with Crippen LogP contribution in [0.4, 0.5) is 0 Å². The number of H-pyrrole nitrogens is 2. The molecule has 0 spiro atoms. The van der Waals surface area contributed by atoms with Gasteiger partial charge < -0.3 is 9.97 Å². The predicted molar refractivity (Wildman–Crippen MR) is 67.0 cm³/mol. The molecule has 0 unspecified atom stereocenters. The van der Waals surface area contributed by atoms with Crippen molar-refractivity contribution in [3.8, 4) is 11.3 Å². The molecule has 0 saturated carbocycles. The molecule has 0 radical (unpaired) electrons. The fourth-order valence-corrected chi connectivity index (χ4v) is 1.92. The van der Waals surface area contributed by atoms with Gasteiger partial charge in [-0.05, 0) is 24.7 Å². The Morgan fingerprint density at radius 1 is 1.00 bits per heavy atom. The zero-order valence-corrected chi connectivity index (χ0v) is 9.84. The van der Waals surface area contributed by atoms with Gasteiger partial charge in [-0.2, -0.15) is 0 Å². The van der Waals surface area contributed by atoms with Crippen molar-refractivity contribution in [2.75, 3.05) is 0 Å². The summed E-state index contributed by atoms with van der Waals surface area (Å²) in [5.74, 6) is 0. The summed E-state index contributed by atoms with van der Waals surface area (Å²) < 4.78 is 1.25. The van der Waals surface area contributed by atoms with Gasteiger partial charge in [0, 0.05) is 5.56 Å². The summed E-state index contributed by atoms with van der Waals surface area (Å²) in [7, 11) is 0. The van der Waals surface area contributed by atoms with Gasteiger partial charge >= 0.3 is 0 Å². The maximum Gasteiger partial charge on any atom is 0.175 e. The number of nitrogens with one attached hydrogen (secondary N) is 2. The van der Waals surface area contributed by atoms with Crippen LogP contribution in [0.5, 0.6) is 0 Å². The van der Waals surface area contributed by atoms with Crippen molar-refractivity contribution in [1.29, 1.82) is 0 Å². The number of aromatic nitrogens is 2. The molecular weight excluding hydrogens is 224 g/mol. The van der Waals surface area contributed by atoms with E-state index >= 15 is 0 Å². The van der Waals surface area contributed by atoms with Crippen molar-refractivity contribution < 1.29 is 0 Å². The highest BCUT2D eigenvalue weighted by Crippen LogP contribution is 2.20. The third-order valence-corrected chi connectivity index (χ3v) is 2.86. The molecule has 0 bridgehead atoms. The maximum atomic E-state index is 5.19. The largest absolute Gasteiger partial charge is 0.332 e. The standard InChI is InChI=1S/C11H10N2S2/c1-7-9(8-5-3-2-4-6-8)12-11(15)13-10(7)14/h2-6H,1H3,(H2,12,13,14,15). The molecule has 0 saturated heterocycles. The van der Waals surface area contributed by atoms with Gasteiger partial charge in [0.25, 0.3) is 0 Å². The van der Waals surface area contributed by atoms with Crippen LogP contribution in [-0.2, 0) is 0 Å². The molecule has 4 heteroatoms. The fraction of sp³-hybridized carbons (Fsp3) is 0.0909. The molecular formula is C11H10N2S2. The molecule has 15 heavy (non-hydrogen) atoms. The first-order chi connectivity index (χ1) is 7.18. The Labute approximate surface area is 98.0 Å². The van der Waals surface area contributed by atoms with E-state index in [1.807, 2.05) is 37.3 Å². The summed E-state index contributed by atoms with van der Waals surface area (Å²) in [5, 5.41) is 0. The van der Waals surface area contributed by atoms with Crippen molar-refractivity contribution >= 4 is 24.4 Å². The second-order valence-corrected chi connectivity index (χ2v) is 4.09. The first kappa shape index (κ1) is 10.3. The van der Waals surface area contributed by atoms with Crippen LogP contribution in [0.2, 0.25) is 0 Å². The van der Waals surface area contributed by atoms with Crippen LogP contribution in [0.1, 0.15) is 5.56 Å². The third kappa shape index (κ3) is 2.06. The second kappa shape index (κ2) is 4.08. The van der Waals surface area contributed by atoms with Crippen LogP contribution in [0, 0.1) is 16.3 Å². The zero-order chi connectivity index (χ0) is 10.8. The Kier molecular flexibility index (Phi) is 2.79. The zero-order valence-electron chi connectivity index (χ0n) is 8.20. The molecule has 1 aromatic carbocycles. The van der Waals surface area contributed by atoms with E-state index in [1.165, 1.54) is 0 Å². The summed E-state index contributed by atoms with van der Waals surface area (Å²) >= 11 is 10.3. The van der Waals surface area contributed by atoms with E-state index in [0.29, 0.717) is 9.41 Å². The molecule has 2 aromatic rings. The minimum Gasteiger partial charge on any atom is -0.332 e. The topological polar surface area (TPSA) is 31.6 Å². The van der Waals surface area contributed by atoms with Crippen molar-refractivity contribution in [3.63, 3.8) is 0 Å². The Balaban J connectivity index is 2.74. The average Bonchev–Trinajstić information content (AvgIpc) is 2.24. The molecule has 0 aliphatic heterocycles. The molecule has 76 valence electrons. The highest BCUT2D eigenvalue weighted by Gasteiger charge is 2.02. The Morgan fingerprint density at radius 3 is 2.33 bits per heavy atom. The second-order valence-electron chi connectivity index (χ2n) is 3.27. The molecule has 2 nitrogen and oxygen atoms in total. The Morgan fingerprint density at radius 2 is 1.67 bits per heavy atom. The van der Waals surface area contributed by atoms with Crippen LogP contribution >= 0.6 is 24.4 Å². The van der Waals surface area contributed by atoms with Crippen molar-refractivity contribution in [2.24, 2.45) is 0 Å². The summed E-state index contributed by atoms with van der Waals surface area (Å²) in [6, 6.07) is 10.0. The van der Waals surface area contributed by atoms with Crippen LogP contribution in [0.3, 0.4) is 0 Å². The van der Waals surface area contributed by atoms with Gasteiger partial charge in [-0.15, -0.1) is 0 Å². The minimum absolute atomic E-state index is 0.560. The lowest BCUT2D eigenvalue weighted by molar-refractivity contribution is 1.09. The lowest BCUT2D eigenvalue weighted by Crippen LogP contribution is -1.93. The molecule has 0 amide bonds. The summed E-state index contributed by atoms with van der Waals surface area (Å²) in [6.45, 7) is 1.98. The lowest BCUT2D eigenvalue weighted by Gasteiger charge is -2.05. The molecule has 0 aliphatic rings. The molecule has 1 aromatic heterocycles. The molecule has 1 heterocycles. The summed E-state index contributed by atoms with van der Waals surface area (Å²) in [6.07, 6.45) is 0. The first-order valence-electron chi connectivity index (χ1n) is 4.57. The van der Waals surface area contributed by atoms with Crippen LogP contribution in [-0.4, -0.2) is 9.97 Å². The van der Waals surface area contributed by atoms with Gasteiger partial charge in [-0.3, -0.25) is 0 Å². The van der Waals surface area contributed by atoms with E-state index in [-0.39, 0.29) is 0 Å². The SMILES string of the molecule is Cc1c(-c2ccccc2)[nH]c(=S)[nH]c1=S. The first-order valence-corrected chi connectivity index (χ1v) is 5.39. The van der Waals surface area contributed by atoms with E-state index in [4.69, 9.17) is 24.4 Å². The van der Waals surface area contributed by atoms with Gasteiger partial charge in [-0.1, -0.05) is 42.5 Å². The molecule has 2 rings (SSSR count). The summed E-state index contributed by atoms with van der Waals surface area (Å²) in [5.41, 5.74) is 3.11. The quantitative estimate of drug-likeness (QED) is 0.736. The van der Waals surface area contributed by atoms with Crippen molar-refractivity contribution in [3.05, 3.63) is 45.3 Å². The Hall–Kier alpha value is -1.26.